The van der Waals surface area contributed by atoms with Gasteiger partial charge in [0.2, 0.25) is 0 Å². The molecule has 1 amide bonds. The van der Waals surface area contributed by atoms with Crippen LogP contribution in [-0.2, 0) is 0 Å². The molecule has 0 unspecified atom stereocenters. The number of carbonyl (C=O) groups is 1. The topological polar surface area (TPSA) is 72.2 Å². The van der Waals surface area contributed by atoms with Crippen LogP contribution in [-0.4, -0.2) is 16.9 Å². The van der Waals surface area contributed by atoms with Crippen LogP contribution in [0.4, 0.5) is 5.69 Å². The highest BCUT2D eigenvalue weighted by molar-refractivity contribution is 5.94. The van der Waals surface area contributed by atoms with E-state index < -0.39 is 4.92 Å². The Morgan fingerprint density at radius 2 is 1.76 bits per heavy atom. The lowest BCUT2D eigenvalue weighted by molar-refractivity contribution is -0.384. The molecule has 0 bridgehead atoms. The molecule has 1 aliphatic rings. The lowest BCUT2D eigenvalue weighted by Gasteiger charge is -2.05. The molecule has 0 aliphatic heterocycles. The molecule has 106 valence electrons. The van der Waals surface area contributed by atoms with Gasteiger partial charge in [0.25, 0.3) is 11.6 Å². The van der Waals surface area contributed by atoms with Crippen LogP contribution < -0.4 is 5.32 Å². The van der Waals surface area contributed by atoms with E-state index in [-0.39, 0.29) is 17.6 Å². The van der Waals surface area contributed by atoms with Crippen LogP contribution >= 0.6 is 0 Å². The molecule has 0 heterocycles. The number of carbonyl (C=O) groups excluding carboxylic acids is 1. The minimum Gasteiger partial charge on any atom is -0.349 e. The Bertz CT molecular complexity index is 668. The van der Waals surface area contributed by atoms with Gasteiger partial charge in [0.15, 0.2) is 0 Å². The van der Waals surface area contributed by atoms with Crippen LogP contribution in [0.5, 0.6) is 0 Å². The molecule has 2 aromatic carbocycles. The molecule has 1 N–H and O–H groups in total. The van der Waals surface area contributed by atoms with Gasteiger partial charge in [-0.1, -0.05) is 30.3 Å². The van der Waals surface area contributed by atoms with E-state index >= 15 is 0 Å². The summed E-state index contributed by atoms with van der Waals surface area (Å²) in [5.41, 5.74) is 1.66. The van der Waals surface area contributed by atoms with Gasteiger partial charge >= 0.3 is 0 Å². The maximum atomic E-state index is 12.1. The molecule has 21 heavy (non-hydrogen) atoms. The van der Waals surface area contributed by atoms with E-state index in [1.165, 1.54) is 29.8 Å². The van der Waals surface area contributed by atoms with Crippen molar-refractivity contribution >= 4 is 11.6 Å². The minimum absolute atomic E-state index is 0.0138. The number of nitrogens with one attached hydrogen (secondary N) is 1. The number of nitrogens with zero attached hydrogens (tertiary/aromatic N) is 1. The monoisotopic (exact) mass is 282 g/mol. The summed E-state index contributed by atoms with van der Waals surface area (Å²) in [5.74, 6) is 0.182. The molecule has 1 aliphatic carbocycles. The average Bonchev–Trinajstić information content (AvgIpc) is 3.27. The zero-order valence-electron chi connectivity index (χ0n) is 11.2. The van der Waals surface area contributed by atoms with Crippen LogP contribution in [0.1, 0.15) is 28.3 Å². The van der Waals surface area contributed by atoms with E-state index in [1.807, 2.05) is 18.2 Å². The Morgan fingerprint density at radius 1 is 1.10 bits per heavy atom. The van der Waals surface area contributed by atoms with E-state index in [0.717, 1.165) is 6.42 Å². The number of amides is 1. The fraction of sp³-hybridized carbons (Fsp3) is 0.188. The zero-order chi connectivity index (χ0) is 14.8. The van der Waals surface area contributed by atoms with Gasteiger partial charge in [-0.15, -0.1) is 0 Å². The lowest BCUT2D eigenvalue weighted by atomic mass is 10.1. The first-order valence-corrected chi connectivity index (χ1v) is 6.75. The van der Waals surface area contributed by atoms with Crippen molar-refractivity contribution in [1.82, 2.24) is 5.32 Å². The number of benzene rings is 2. The summed E-state index contributed by atoms with van der Waals surface area (Å²) in [6.45, 7) is 0. The predicted octanol–water partition coefficient (Wildman–Crippen LogP) is 2.88. The first-order valence-electron chi connectivity index (χ1n) is 6.75. The summed E-state index contributed by atoms with van der Waals surface area (Å²) < 4.78 is 0. The summed E-state index contributed by atoms with van der Waals surface area (Å²) in [5, 5.41) is 13.5. The van der Waals surface area contributed by atoms with Crippen molar-refractivity contribution in [3.63, 3.8) is 0 Å². The molecule has 2 atom stereocenters. The minimum atomic E-state index is -0.478. The number of hydrogen-bond acceptors (Lipinski definition) is 3. The number of rotatable bonds is 4. The Balaban J connectivity index is 1.62. The SMILES string of the molecule is O=C(N[C@@H]1C[C@H]1c1ccccc1)c1ccc([N+](=O)[O-])cc1. The molecule has 0 radical (unpaired) electrons. The van der Waals surface area contributed by atoms with Crippen LogP contribution in [0.3, 0.4) is 0 Å². The molecular weight excluding hydrogens is 268 g/mol. The van der Waals surface area contributed by atoms with Crippen molar-refractivity contribution in [2.45, 2.75) is 18.4 Å². The van der Waals surface area contributed by atoms with E-state index in [0.29, 0.717) is 11.5 Å². The van der Waals surface area contributed by atoms with Crippen LogP contribution in [0.15, 0.2) is 54.6 Å². The second-order valence-electron chi connectivity index (χ2n) is 5.14. The van der Waals surface area contributed by atoms with Gasteiger partial charge in [-0.2, -0.15) is 0 Å². The number of non-ortho nitro benzene ring substituents is 1. The lowest BCUT2D eigenvalue weighted by Crippen LogP contribution is -2.26. The first kappa shape index (κ1) is 13.3. The van der Waals surface area contributed by atoms with Gasteiger partial charge < -0.3 is 5.32 Å². The standard InChI is InChI=1S/C16H14N2O3/c19-16(12-6-8-13(9-7-12)18(20)21)17-15-10-14(15)11-4-2-1-3-5-11/h1-9,14-15H,10H2,(H,17,19)/t14-,15+/m0/s1. The molecule has 2 aromatic rings. The molecule has 1 fully saturated rings. The van der Waals surface area contributed by atoms with E-state index in [1.54, 1.807) is 0 Å². The molecule has 5 heteroatoms. The summed E-state index contributed by atoms with van der Waals surface area (Å²) in [7, 11) is 0. The van der Waals surface area contributed by atoms with Crippen LogP contribution in [0, 0.1) is 10.1 Å². The molecule has 1 saturated carbocycles. The molecular formula is C16H14N2O3. The highest BCUT2D eigenvalue weighted by Crippen LogP contribution is 2.40. The third-order valence-corrected chi connectivity index (χ3v) is 3.67. The van der Waals surface area contributed by atoms with E-state index in [4.69, 9.17) is 0 Å². The maximum Gasteiger partial charge on any atom is 0.269 e. The Kier molecular flexibility index (Phi) is 3.39. The summed E-state index contributed by atoms with van der Waals surface area (Å²) in [4.78, 5) is 22.2. The third kappa shape index (κ3) is 2.91. The van der Waals surface area contributed by atoms with Gasteiger partial charge in [0.1, 0.15) is 0 Å². The van der Waals surface area contributed by atoms with E-state index in [9.17, 15) is 14.9 Å². The maximum absolute atomic E-state index is 12.1. The van der Waals surface area contributed by atoms with Crippen molar-refractivity contribution in [3.05, 3.63) is 75.8 Å². The molecule has 5 nitrogen and oxygen atoms in total. The van der Waals surface area contributed by atoms with Gasteiger partial charge in [-0.25, -0.2) is 0 Å². The summed E-state index contributed by atoms with van der Waals surface area (Å²) >= 11 is 0. The van der Waals surface area contributed by atoms with Gasteiger partial charge in [0.05, 0.1) is 4.92 Å². The van der Waals surface area contributed by atoms with Gasteiger partial charge in [-0.05, 0) is 24.1 Å². The van der Waals surface area contributed by atoms with Gasteiger partial charge in [0, 0.05) is 29.7 Å². The Labute approximate surface area is 121 Å². The molecule has 0 spiro atoms. The van der Waals surface area contributed by atoms with Gasteiger partial charge in [-0.3, -0.25) is 14.9 Å². The van der Waals surface area contributed by atoms with Crippen molar-refractivity contribution < 1.29 is 9.72 Å². The zero-order valence-corrected chi connectivity index (χ0v) is 11.2. The second kappa shape index (κ2) is 5.36. The molecule has 0 aromatic heterocycles. The van der Waals surface area contributed by atoms with E-state index in [2.05, 4.69) is 17.4 Å². The number of hydrogen-bond donors (Lipinski definition) is 1. The van der Waals surface area contributed by atoms with Crippen molar-refractivity contribution in [2.75, 3.05) is 0 Å². The normalized spacial score (nSPS) is 19.8. The smallest absolute Gasteiger partial charge is 0.269 e. The fourth-order valence-corrected chi connectivity index (χ4v) is 2.41. The van der Waals surface area contributed by atoms with Crippen molar-refractivity contribution in [3.8, 4) is 0 Å². The summed E-state index contributed by atoms with van der Waals surface area (Å²) in [6.07, 6.45) is 0.933. The largest absolute Gasteiger partial charge is 0.349 e. The first-order chi connectivity index (χ1) is 10.1. The fourth-order valence-electron chi connectivity index (χ4n) is 2.41. The average molecular weight is 282 g/mol. The third-order valence-electron chi connectivity index (χ3n) is 3.67. The Morgan fingerprint density at radius 3 is 2.38 bits per heavy atom. The summed E-state index contributed by atoms with van der Waals surface area (Å²) in [6, 6.07) is 15.9. The Hall–Kier alpha value is -2.69. The second-order valence-corrected chi connectivity index (χ2v) is 5.14. The van der Waals surface area contributed by atoms with Crippen LogP contribution in [0.2, 0.25) is 0 Å². The number of nitro groups is 1. The quantitative estimate of drug-likeness (QED) is 0.692. The van der Waals surface area contributed by atoms with Crippen molar-refractivity contribution in [2.24, 2.45) is 0 Å². The highest BCUT2D eigenvalue weighted by atomic mass is 16.6. The van der Waals surface area contributed by atoms with Crippen LogP contribution in [0.25, 0.3) is 0 Å². The molecule has 3 rings (SSSR count). The molecule has 0 saturated heterocycles. The highest BCUT2D eigenvalue weighted by Gasteiger charge is 2.39. The number of nitro benzene ring substituents is 1. The predicted molar refractivity (Wildman–Crippen MR) is 78.2 cm³/mol. The van der Waals surface area contributed by atoms with Crippen molar-refractivity contribution in [1.29, 1.82) is 0 Å².